The van der Waals surface area contributed by atoms with Gasteiger partial charge in [-0.25, -0.2) is 0 Å². The van der Waals surface area contributed by atoms with Crippen LogP contribution in [0.5, 0.6) is 0 Å². The van der Waals surface area contributed by atoms with Crippen molar-refractivity contribution in [2.24, 2.45) is 0 Å². The molecule has 0 radical (unpaired) electrons. The van der Waals surface area contributed by atoms with Gasteiger partial charge in [-0.3, -0.25) is 0 Å². The Morgan fingerprint density at radius 2 is 0.806 bits per heavy atom. The molecule has 3 heterocycles. The van der Waals surface area contributed by atoms with Gasteiger partial charge in [0.1, 0.15) is 24.4 Å². The Labute approximate surface area is 223 Å². The number of fused-ring (bicyclic) bond motifs is 3. The lowest BCUT2D eigenvalue weighted by molar-refractivity contribution is -0.351. The van der Waals surface area contributed by atoms with Gasteiger partial charge in [-0.15, -0.1) is 0 Å². The monoisotopic (exact) mass is 548 g/mol. The number of halogens is 3. The Kier molecular flexibility index (Phi) is 6.53. The molecule has 0 bridgehead atoms. The molecule has 3 aromatic rings. The normalized spacial score (nSPS) is 38.4. The molecule has 6 rings (SSSR count). The maximum Gasteiger partial charge on any atom is 0.277 e. The van der Waals surface area contributed by atoms with Gasteiger partial charge in [0.15, 0.2) is 0 Å². The second kappa shape index (κ2) is 9.55. The van der Waals surface area contributed by atoms with Gasteiger partial charge in [0.25, 0.3) is 15.7 Å². The molecule has 3 aromatic carbocycles. The van der Waals surface area contributed by atoms with Crippen molar-refractivity contribution in [1.82, 2.24) is 0 Å². The molecule has 0 saturated carbocycles. The highest BCUT2D eigenvalue weighted by Gasteiger charge is 2.59. The quantitative estimate of drug-likeness (QED) is 0.388. The lowest BCUT2D eigenvalue weighted by Crippen LogP contribution is -2.59. The summed E-state index contributed by atoms with van der Waals surface area (Å²) in [5.41, 5.74) is 1.90. The van der Waals surface area contributed by atoms with E-state index in [1.54, 1.807) is 0 Å². The molecule has 36 heavy (non-hydrogen) atoms. The molecular weight excluding hydrogens is 527 g/mol. The molecule has 0 aromatic heterocycles. The smallest absolute Gasteiger partial charge is 0.277 e. The summed E-state index contributed by atoms with van der Waals surface area (Å²) in [4.78, 5) is 0. The standard InChI is InChI=1S/C27H23Cl3O6/c28-25(18-10-4-1-5-11-18)31-17-22-24(36-27(30,34-22)20-14-8-3-9-15-20)23-21(33-25)16-32-26(29,35-23)19-12-6-2-7-13-19/h1-15,21-24H,16-17H2/t21-,22+,23+,24+,25?,26?,27?/m0/s1. The van der Waals surface area contributed by atoms with E-state index in [1.165, 1.54) is 0 Å². The predicted molar refractivity (Wildman–Crippen MR) is 133 cm³/mol. The van der Waals surface area contributed by atoms with Crippen molar-refractivity contribution >= 4 is 34.8 Å². The van der Waals surface area contributed by atoms with Crippen LogP contribution in [0.1, 0.15) is 16.7 Å². The van der Waals surface area contributed by atoms with Crippen molar-refractivity contribution < 1.29 is 28.4 Å². The van der Waals surface area contributed by atoms with E-state index in [4.69, 9.17) is 63.2 Å². The third-order valence-electron chi connectivity index (χ3n) is 6.46. The van der Waals surface area contributed by atoms with Crippen LogP contribution in [0.2, 0.25) is 0 Å². The Bertz CT molecular complexity index is 1150. The van der Waals surface area contributed by atoms with Crippen LogP contribution < -0.4 is 0 Å². The molecule has 0 aliphatic carbocycles. The lowest BCUT2D eigenvalue weighted by atomic mass is 10.0. The van der Waals surface area contributed by atoms with Crippen molar-refractivity contribution in [2.75, 3.05) is 13.2 Å². The third kappa shape index (κ3) is 4.45. The number of alkyl halides is 3. The SMILES string of the molecule is ClC1(c2ccccc2)OC[C@@H]2OC(Cl)(c3ccccc3)OC[C@H]3OC(Cl)(c4ccccc4)O[C@H]3[C@@H]2O1. The molecule has 3 fully saturated rings. The molecule has 6 nitrogen and oxygen atoms in total. The van der Waals surface area contributed by atoms with Crippen molar-refractivity contribution in [3.8, 4) is 0 Å². The van der Waals surface area contributed by atoms with Crippen molar-refractivity contribution in [3.05, 3.63) is 108 Å². The molecule has 0 spiro atoms. The summed E-state index contributed by atoms with van der Waals surface area (Å²) >= 11 is 20.7. The van der Waals surface area contributed by atoms with Crippen LogP contribution in [0.4, 0.5) is 0 Å². The number of rotatable bonds is 3. The maximum absolute atomic E-state index is 6.95. The molecule has 3 unspecified atom stereocenters. The van der Waals surface area contributed by atoms with Crippen LogP contribution in [0.15, 0.2) is 91.0 Å². The first-order chi connectivity index (χ1) is 17.4. The Hall–Kier alpha value is -1.71. The van der Waals surface area contributed by atoms with E-state index in [1.807, 2.05) is 91.0 Å². The number of benzene rings is 3. The summed E-state index contributed by atoms with van der Waals surface area (Å²) in [6, 6.07) is 27.8. The van der Waals surface area contributed by atoms with Gasteiger partial charge >= 0.3 is 0 Å². The van der Waals surface area contributed by atoms with Gasteiger partial charge in [0.05, 0.1) is 13.2 Å². The van der Waals surface area contributed by atoms with Crippen molar-refractivity contribution in [3.63, 3.8) is 0 Å². The number of ether oxygens (including phenoxy) is 6. The van der Waals surface area contributed by atoms with Gasteiger partial charge in [0, 0.05) is 16.7 Å². The topological polar surface area (TPSA) is 55.4 Å². The van der Waals surface area contributed by atoms with E-state index in [0.717, 1.165) is 0 Å². The first kappa shape index (κ1) is 24.6. The van der Waals surface area contributed by atoms with E-state index in [0.29, 0.717) is 16.7 Å². The van der Waals surface area contributed by atoms with E-state index in [-0.39, 0.29) is 13.2 Å². The Balaban J connectivity index is 1.38. The van der Waals surface area contributed by atoms with Crippen LogP contribution in [0.3, 0.4) is 0 Å². The first-order valence-electron chi connectivity index (χ1n) is 11.6. The first-order valence-corrected chi connectivity index (χ1v) is 12.7. The van der Waals surface area contributed by atoms with Crippen LogP contribution >= 0.6 is 34.8 Å². The molecule has 3 aliphatic heterocycles. The van der Waals surface area contributed by atoms with Gasteiger partial charge in [-0.05, 0) is 0 Å². The predicted octanol–water partition coefficient (Wildman–Crippen LogP) is 5.75. The largest absolute Gasteiger partial charge is 0.331 e. The fraction of sp³-hybridized carbons (Fsp3) is 0.333. The average Bonchev–Trinajstić information content (AvgIpc) is 3.27. The minimum atomic E-state index is -1.62. The minimum absolute atomic E-state index is 0.0262. The molecule has 0 N–H and O–H groups in total. The summed E-state index contributed by atoms with van der Waals surface area (Å²) in [7, 11) is 0. The second-order valence-electron chi connectivity index (χ2n) is 8.81. The molecule has 3 saturated heterocycles. The third-order valence-corrected chi connectivity index (χ3v) is 7.69. The summed E-state index contributed by atoms with van der Waals surface area (Å²) in [5, 5.41) is -4.74. The summed E-state index contributed by atoms with van der Waals surface area (Å²) < 4.78 is 37.5. The van der Waals surface area contributed by atoms with Gasteiger partial charge in [-0.2, -0.15) is 0 Å². The Morgan fingerprint density at radius 3 is 1.25 bits per heavy atom. The molecule has 3 aliphatic rings. The summed E-state index contributed by atoms with van der Waals surface area (Å²) in [6.07, 6.45) is -2.81. The van der Waals surface area contributed by atoms with E-state index >= 15 is 0 Å². The van der Waals surface area contributed by atoms with Crippen LogP contribution in [-0.4, -0.2) is 37.6 Å². The van der Waals surface area contributed by atoms with E-state index < -0.39 is 40.2 Å². The highest BCUT2D eigenvalue weighted by Crippen LogP contribution is 2.49. The fourth-order valence-electron chi connectivity index (χ4n) is 4.67. The molecule has 9 heteroatoms. The molecule has 188 valence electrons. The van der Waals surface area contributed by atoms with Crippen LogP contribution in [-0.2, 0) is 44.2 Å². The van der Waals surface area contributed by atoms with Gasteiger partial charge in [-0.1, -0.05) is 126 Å². The highest BCUT2D eigenvalue weighted by atomic mass is 35.5. The summed E-state index contributed by atoms with van der Waals surface area (Å²) in [5.74, 6) is 0. The zero-order valence-electron chi connectivity index (χ0n) is 19.0. The van der Waals surface area contributed by atoms with E-state index in [2.05, 4.69) is 0 Å². The van der Waals surface area contributed by atoms with E-state index in [9.17, 15) is 0 Å². The molecule has 0 amide bonds. The lowest BCUT2D eigenvalue weighted by Gasteiger charge is -2.47. The average molecular weight is 550 g/mol. The van der Waals surface area contributed by atoms with Gasteiger partial charge in [0.2, 0.25) is 0 Å². The van der Waals surface area contributed by atoms with Crippen LogP contribution in [0.25, 0.3) is 0 Å². The summed E-state index contributed by atoms with van der Waals surface area (Å²) in [6.45, 7) is 0.0827. The highest BCUT2D eigenvalue weighted by molar-refractivity contribution is 6.22. The van der Waals surface area contributed by atoms with Crippen LogP contribution in [0, 0.1) is 0 Å². The number of hydrogen-bond donors (Lipinski definition) is 0. The molecular formula is C27H23Cl3O6. The fourth-order valence-corrected chi connectivity index (χ4v) is 5.60. The van der Waals surface area contributed by atoms with Crippen molar-refractivity contribution in [1.29, 1.82) is 0 Å². The maximum atomic E-state index is 6.95. The zero-order chi connectivity index (χ0) is 24.8. The minimum Gasteiger partial charge on any atom is -0.331 e. The van der Waals surface area contributed by atoms with Gasteiger partial charge < -0.3 is 28.4 Å². The second-order valence-corrected chi connectivity index (χ2v) is 10.3. The zero-order valence-corrected chi connectivity index (χ0v) is 21.2. The number of hydrogen-bond acceptors (Lipinski definition) is 6. The molecule has 7 atom stereocenters. The van der Waals surface area contributed by atoms with Crippen molar-refractivity contribution in [2.45, 2.75) is 40.2 Å². The Morgan fingerprint density at radius 1 is 0.472 bits per heavy atom.